The fourth-order valence-electron chi connectivity index (χ4n) is 2.73. The molecule has 7 heteroatoms. The van der Waals surface area contributed by atoms with Crippen molar-refractivity contribution in [3.8, 4) is 11.4 Å². The Labute approximate surface area is 169 Å². The molecule has 1 aromatic heterocycles. The number of aryl methyl sites for hydroxylation is 2. The number of aromatic nitrogens is 3. The van der Waals surface area contributed by atoms with Crippen LogP contribution in [0.1, 0.15) is 11.1 Å². The summed E-state index contributed by atoms with van der Waals surface area (Å²) in [5, 5.41) is 12.3. The highest BCUT2D eigenvalue weighted by Crippen LogP contribution is 2.24. The Bertz CT molecular complexity index is 941. The van der Waals surface area contributed by atoms with Crippen LogP contribution in [0.2, 0.25) is 0 Å². The topological polar surface area (TPSA) is 69.0 Å². The number of hydrogen-bond acceptors (Lipinski definition) is 5. The molecule has 0 bridgehead atoms. The van der Waals surface area contributed by atoms with Gasteiger partial charge in [0.2, 0.25) is 5.91 Å². The van der Waals surface area contributed by atoms with Gasteiger partial charge in [0.05, 0.1) is 18.9 Å². The molecule has 0 aliphatic carbocycles. The predicted molar refractivity (Wildman–Crippen MR) is 113 cm³/mol. The van der Waals surface area contributed by atoms with Gasteiger partial charge in [-0.05, 0) is 37.1 Å². The van der Waals surface area contributed by atoms with Gasteiger partial charge in [0.1, 0.15) is 0 Å². The van der Waals surface area contributed by atoms with Crippen molar-refractivity contribution < 1.29 is 9.53 Å². The maximum absolute atomic E-state index is 12.4. The van der Waals surface area contributed by atoms with Gasteiger partial charge in [0, 0.05) is 18.4 Å². The Morgan fingerprint density at radius 3 is 2.61 bits per heavy atom. The number of hydrogen-bond donors (Lipinski definition) is 1. The summed E-state index contributed by atoms with van der Waals surface area (Å²) in [4.78, 5) is 12.4. The zero-order valence-electron chi connectivity index (χ0n) is 16.3. The zero-order chi connectivity index (χ0) is 19.9. The molecule has 0 fully saturated rings. The van der Waals surface area contributed by atoms with E-state index in [1.807, 2.05) is 66.9 Å². The van der Waals surface area contributed by atoms with Gasteiger partial charge in [-0.25, -0.2) is 0 Å². The van der Waals surface area contributed by atoms with Crippen LogP contribution < -0.4 is 5.32 Å². The van der Waals surface area contributed by atoms with Crippen LogP contribution in [0.5, 0.6) is 0 Å². The van der Waals surface area contributed by atoms with Crippen LogP contribution in [0.15, 0.2) is 53.7 Å². The van der Waals surface area contributed by atoms with Gasteiger partial charge in [-0.2, -0.15) is 0 Å². The molecular formula is C21H24N4O2S. The van der Waals surface area contributed by atoms with Crippen molar-refractivity contribution in [1.29, 1.82) is 0 Å². The second kappa shape index (κ2) is 9.52. The Morgan fingerprint density at radius 2 is 1.89 bits per heavy atom. The highest BCUT2D eigenvalue weighted by Gasteiger charge is 2.15. The summed E-state index contributed by atoms with van der Waals surface area (Å²) in [6.07, 6.45) is 0. The van der Waals surface area contributed by atoms with Crippen LogP contribution in [-0.4, -0.2) is 40.1 Å². The summed E-state index contributed by atoms with van der Waals surface area (Å²) in [7, 11) is 1.66. The number of carbonyl (C=O) groups is 1. The van der Waals surface area contributed by atoms with E-state index in [1.165, 1.54) is 17.3 Å². The molecule has 0 spiro atoms. The first-order valence-corrected chi connectivity index (χ1v) is 10.0. The van der Waals surface area contributed by atoms with E-state index >= 15 is 0 Å². The van der Waals surface area contributed by atoms with Gasteiger partial charge in [0.25, 0.3) is 0 Å². The summed E-state index contributed by atoms with van der Waals surface area (Å²) in [6, 6.07) is 15.8. The van der Waals surface area contributed by atoms with E-state index in [9.17, 15) is 4.79 Å². The number of carbonyl (C=O) groups excluding carboxylic acids is 1. The molecule has 6 nitrogen and oxygen atoms in total. The second-order valence-corrected chi connectivity index (χ2v) is 7.40. The van der Waals surface area contributed by atoms with Gasteiger partial charge >= 0.3 is 0 Å². The van der Waals surface area contributed by atoms with E-state index in [-0.39, 0.29) is 11.7 Å². The van der Waals surface area contributed by atoms with Gasteiger partial charge in [0.15, 0.2) is 11.0 Å². The number of thioether (sulfide) groups is 1. The third-order valence-electron chi connectivity index (χ3n) is 4.39. The van der Waals surface area contributed by atoms with Crippen LogP contribution in [0.25, 0.3) is 11.4 Å². The lowest BCUT2D eigenvalue weighted by molar-refractivity contribution is -0.113. The zero-order valence-corrected chi connectivity index (χ0v) is 17.1. The lowest BCUT2D eigenvalue weighted by Crippen LogP contribution is -2.15. The Balaban J connectivity index is 1.70. The number of amides is 1. The molecule has 2 aromatic carbocycles. The third-order valence-corrected chi connectivity index (χ3v) is 5.36. The van der Waals surface area contributed by atoms with Crippen molar-refractivity contribution in [1.82, 2.24) is 14.8 Å². The number of methoxy groups -OCH3 is 1. The summed E-state index contributed by atoms with van der Waals surface area (Å²) in [6.45, 7) is 5.24. The molecular weight excluding hydrogens is 372 g/mol. The molecule has 28 heavy (non-hydrogen) atoms. The molecule has 0 aliphatic heterocycles. The molecule has 0 unspecified atom stereocenters. The van der Waals surface area contributed by atoms with E-state index in [2.05, 4.69) is 15.5 Å². The maximum atomic E-state index is 12.4. The van der Waals surface area contributed by atoms with E-state index in [0.717, 1.165) is 22.6 Å². The molecule has 146 valence electrons. The smallest absolute Gasteiger partial charge is 0.234 e. The minimum absolute atomic E-state index is 0.0733. The number of anilines is 1. The molecule has 1 amide bonds. The molecule has 0 atom stereocenters. The van der Waals surface area contributed by atoms with E-state index in [1.54, 1.807) is 7.11 Å². The molecule has 3 rings (SSSR count). The Kier molecular flexibility index (Phi) is 6.84. The van der Waals surface area contributed by atoms with Crippen molar-refractivity contribution >= 4 is 23.4 Å². The molecule has 0 saturated carbocycles. The second-order valence-electron chi connectivity index (χ2n) is 6.45. The molecule has 0 radical (unpaired) electrons. The number of rotatable bonds is 8. The lowest BCUT2D eigenvalue weighted by Gasteiger charge is -2.10. The summed E-state index contributed by atoms with van der Waals surface area (Å²) < 4.78 is 7.21. The highest BCUT2D eigenvalue weighted by molar-refractivity contribution is 7.99. The van der Waals surface area contributed by atoms with Crippen molar-refractivity contribution in [3.63, 3.8) is 0 Å². The van der Waals surface area contributed by atoms with Crippen LogP contribution >= 0.6 is 11.8 Å². The van der Waals surface area contributed by atoms with Crippen LogP contribution in [-0.2, 0) is 16.1 Å². The SMILES string of the molecule is COCCn1c(SCC(=O)Nc2ccc(C)c(C)c2)nnc1-c1ccccc1. The van der Waals surface area contributed by atoms with Crippen LogP contribution in [0, 0.1) is 13.8 Å². The van der Waals surface area contributed by atoms with Gasteiger partial charge in [-0.1, -0.05) is 48.2 Å². The van der Waals surface area contributed by atoms with Crippen molar-refractivity contribution in [2.75, 3.05) is 24.8 Å². The lowest BCUT2D eigenvalue weighted by atomic mass is 10.1. The largest absolute Gasteiger partial charge is 0.383 e. The minimum Gasteiger partial charge on any atom is -0.383 e. The average molecular weight is 397 g/mol. The Hall–Kier alpha value is -2.64. The van der Waals surface area contributed by atoms with E-state index in [0.29, 0.717) is 18.3 Å². The van der Waals surface area contributed by atoms with E-state index < -0.39 is 0 Å². The number of benzene rings is 2. The summed E-state index contributed by atoms with van der Waals surface area (Å²) in [5.41, 5.74) is 4.14. The fourth-order valence-corrected chi connectivity index (χ4v) is 3.49. The van der Waals surface area contributed by atoms with Crippen LogP contribution in [0.3, 0.4) is 0 Å². The van der Waals surface area contributed by atoms with Crippen molar-refractivity contribution in [3.05, 3.63) is 59.7 Å². The monoisotopic (exact) mass is 396 g/mol. The molecule has 1 N–H and O–H groups in total. The number of ether oxygens (including phenoxy) is 1. The molecule has 0 saturated heterocycles. The minimum atomic E-state index is -0.0733. The standard InChI is InChI=1S/C21H24N4O2S/c1-15-9-10-18(13-16(15)2)22-19(26)14-28-21-24-23-20(25(21)11-12-27-3)17-7-5-4-6-8-17/h4-10,13H,11-12,14H2,1-3H3,(H,22,26). The third kappa shape index (κ3) is 4.99. The Morgan fingerprint density at radius 1 is 1.11 bits per heavy atom. The molecule has 1 heterocycles. The number of nitrogens with one attached hydrogen (secondary N) is 1. The maximum Gasteiger partial charge on any atom is 0.234 e. The first-order chi connectivity index (χ1) is 13.6. The first-order valence-electron chi connectivity index (χ1n) is 9.06. The van der Waals surface area contributed by atoms with Gasteiger partial charge in [-0.3, -0.25) is 9.36 Å². The summed E-state index contributed by atoms with van der Waals surface area (Å²) in [5.74, 6) is 0.956. The molecule has 3 aromatic rings. The highest BCUT2D eigenvalue weighted by atomic mass is 32.2. The van der Waals surface area contributed by atoms with Gasteiger partial charge in [-0.15, -0.1) is 10.2 Å². The van der Waals surface area contributed by atoms with E-state index in [4.69, 9.17) is 4.74 Å². The molecule has 0 aliphatic rings. The van der Waals surface area contributed by atoms with Crippen molar-refractivity contribution in [2.24, 2.45) is 0 Å². The van der Waals surface area contributed by atoms with Gasteiger partial charge < -0.3 is 10.1 Å². The predicted octanol–water partition coefficient (Wildman–Crippen LogP) is 3.94. The fraction of sp³-hybridized carbons (Fsp3) is 0.286. The van der Waals surface area contributed by atoms with Crippen LogP contribution in [0.4, 0.5) is 5.69 Å². The first kappa shape index (κ1) is 20.1. The summed E-state index contributed by atoms with van der Waals surface area (Å²) >= 11 is 1.37. The average Bonchev–Trinajstić information content (AvgIpc) is 3.11. The normalized spacial score (nSPS) is 10.8. The quantitative estimate of drug-likeness (QED) is 0.584. The van der Waals surface area contributed by atoms with Crippen molar-refractivity contribution in [2.45, 2.75) is 25.5 Å². The number of nitrogens with zero attached hydrogens (tertiary/aromatic N) is 3.